The lowest BCUT2D eigenvalue weighted by molar-refractivity contribution is 0.0949. The van der Waals surface area contributed by atoms with Crippen molar-refractivity contribution in [3.63, 3.8) is 0 Å². The van der Waals surface area contributed by atoms with E-state index in [2.05, 4.69) is 10.3 Å². The number of aryl methyl sites for hydroxylation is 1. The van der Waals surface area contributed by atoms with Crippen LogP contribution in [-0.2, 0) is 13.6 Å². The Morgan fingerprint density at radius 3 is 2.72 bits per heavy atom. The number of benzene rings is 1. The van der Waals surface area contributed by atoms with Gasteiger partial charge in [-0.15, -0.1) is 0 Å². The van der Waals surface area contributed by atoms with E-state index in [1.807, 2.05) is 6.07 Å². The lowest BCUT2D eigenvalue weighted by Gasteiger charge is -2.09. The highest BCUT2D eigenvalue weighted by Crippen LogP contribution is 2.14. The van der Waals surface area contributed by atoms with Crippen molar-refractivity contribution in [2.45, 2.75) is 6.54 Å². The van der Waals surface area contributed by atoms with Crippen LogP contribution in [0, 0.1) is 17.3 Å². The second kappa shape index (κ2) is 6.53. The van der Waals surface area contributed by atoms with Crippen molar-refractivity contribution in [1.29, 1.82) is 5.26 Å². The molecule has 0 saturated heterocycles. The fourth-order valence-corrected chi connectivity index (χ4v) is 2.53. The highest BCUT2D eigenvalue weighted by atomic mass is 19.1. The third kappa shape index (κ3) is 3.10. The summed E-state index contributed by atoms with van der Waals surface area (Å²) in [5.74, 6) is -1.31. The van der Waals surface area contributed by atoms with Gasteiger partial charge in [-0.3, -0.25) is 9.59 Å². The second-order valence-corrected chi connectivity index (χ2v) is 5.45. The third-order valence-corrected chi connectivity index (χ3v) is 3.86. The van der Waals surface area contributed by atoms with Crippen molar-refractivity contribution in [2.24, 2.45) is 7.05 Å². The summed E-state index contributed by atoms with van der Waals surface area (Å²) in [6.45, 7) is 0.205. The van der Waals surface area contributed by atoms with Gasteiger partial charge in [-0.05, 0) is 29.8 Å². The number of hydrogen-bond donors (Lipinski definition) is 1. The molecular formula is C18H13FN4O2. The van der Waals surface area contributed by atoms with Crippen LogP contribution in [-0.4, -0.2) is 15.5 Å². The molecule has 3 aromatic rings. The first-order chi connectivity index (χ1) is 12.0. The summed E-state index contributed by atoms with van der Waals surface area (Å²) >= 11 is 0. The van der Waals surface area contributed by atoms with Crippen LogP contribution in [0.2, 0.25) is 0 Å². The van der Waals surface area contributed by atoms with Crippen molar-refractivity contribution < 1.29 is 9.18 Å². The van der Waals surface area contributed by atoms with Gasteiger partial charge in [0.2, 0.25) is 5.95 Å². The van der Waals surface area contributed by atoms with Gasteiger partial charge in [0.25, 0.3) is 11.5 Å². The number of halogens is 1. The predicted molar refractivity (Wildman–Crippen MR) is 89.3 cm³/mol. The zero-order valence-corrected chi connectivity index (χ0v) is 13.3. The Morgan fingerprint density at radius 1 is 1.32 bits per heavy atom. The minimum atomic E-state index is -0.762. The fraction of sp³-hybridized carbons (Fsp3) is 0.111. The molecule has 6 nitrogen and oxygen atoms in total. The highest BCUT2D eigenvalue weighted by Gasteiger charge is 2.16. The summed E-state index contributed by atoms with van der Waals surface area (Å²) in [6, 6.07) is 11.6. The van der Waals surface area contributed by atoms with Gasteiger partial charge in [-0.25, -0.2) is 4.98 Å². The van der Waals surface area contributed by atoms with Crippen molar-refractivity contribution in [3.05, 3.63) is 75.6 Å². The number of carbonyl (C=O) groups is 1. The Hall–Kier alpha value is -3.53. The van der Waals surface area contributed by atoms with E-state index >= 15 is 0 Å². The van der Waals surface area contributed by atoms with E-state index in [1.165, 1.54) is 25.4 Å². The molecule has 124 valence electrons. The number of nitrogens with one attached hydrogen (secondary N) is 1. The van der Waals surface area contributed by atoms with Gasteiger partial charge < -0.3 is 9.88 Å². The highest BCUT2D eigenvalue weighted by molar-refractivity contribution is 5.97. The first-order valence-corrected chi connectivity index (χ1v) is 7.42. The number of nitrogens with zero attached hydrogens (tertiary/aromatic N) is 3. The van der Waals surface area contributed by atoms with Gasteiger partial charge in [0.15, 0.2) is 0 Å². The normalized spacial score (nSPS) is 10.4. The average Bonchev–Trinajstić information content (AvgIpc) is 2.63. The van der Waals surface area contributed by atoms with Crippen LogP contribution in [0.1, 0.15) is 21.5 Å². The minimum Gasteiger partial charge on any atom is -0.348 e. The third-order valence-electron chi connectivity index (χ3n) is 3.86. The Kier molecular flexibility index (Phi) is 4.27. The van der Waals surface area contributed by atoms with Crippen LogP contribution in [0.25, 0.3) is 10.9 Å². The van der Waals surface area contributed by atoms with E-state index in [4.69, 9.17) is 5.26 Å². The number of hydrogen-bond acceptors (Lipinski definition) is 4. The molecule has 2 heterocycles. The van der Waals surface area contributed by atoms with Crippen LogP contribution < -0.4 is 10.9 Å². The summed E-state index contributed by atoms with van der Waals surface area (Å²) in [7, 11) is 1.40. The Balaban J connectivity index is 1.88. The maximum Gasteiger partial charge on any atom is 0.263 e. The molecule has 25 heavy (non-hydrogen) atoms. The molecule has 0 bridgehead atoms. The van der Waals surface area contributed by atoms with Crippen LogP contribution in [0.5, 0.6) is 0 Å². The van der Waals surface area contributed by atoms with E-state index in [1.54, 1.807) is 24.3 Å². The van der Waals surface area contributed by atoms with Gasteiger partial charge in [0.05, 0.1) is 11.6 Å². The fourth-order valence-electron chi connectivity index (χ4n) is 2.53. The quantitative estimate of drug-likeness (QED) is 0.740. The predicted octanol–water partition coefficient (Wildman–Crippen LogP) is 1.87. The van der Waals surface area contributed by atoms with E-state index in [9.17, 15) is 14.0 Å². The second-order valence-electron chi connectivity index (χ2n) is 5.45. The van der Waals surface area contributed by atoms with Crippen LogP contribution in [0.3, 0.4) is 0 Å². The molecule has 0 radical (unpaired) electrons. The molecule has 0 atom stereocenters. The molecular weight excluding hydrogens is 323 g/mol. The van der Waals surface area contributed by atoms with Crippen molar-refractivity contribution >= 4 is 16.8 Å². The SMILES string of the molecule is Cn1c(=O)c(C(=O)NCc2ccc(C#N)cc2)cc2ccnc(F)c21. The minimum absolute atomic E-state index is 0.0520. The topological polar surface area (TPSA) is 87.8 Å². The summed E-state index contributed by atoms with van der Waals surface area (Å²) in [4.78, 5) is 28.2. The van der Waals surface area contributed by atoms with E-state index in [0.717, 1.165) is 10.1 Å². The molecule has 0 spiro atoms. The maximum absolute atomic E-state index is 13.8. The standard InChI is InChI=1S/C18H13FN4O2/c1-23-15-13(6-7-21-16(15)19)8-14(18(23)25)17(24)22-10-12-4-2-11(9-20)3-5-12/h2-8H,10H2,1H3,(H,22,24). The van der Waals surface area contributed by atoms with Crippen LogP contribution in [0.15, 0.2) is 47.4 Å². The summed E-state index contributed by atoms with van der Waals surface area (Å²) in [5, 5.41) is 11.8. The number of carbonyl (C=O) groups excluding carboxylic acids is 1. The van der Waals surface area contributed by atoms with Crippen molar-refractivity contribution in [2.75, 3.05) is 0 Å². The first kappa shape index (κ1) is 16.3. The molecule has 3 rings (SSSR count). The van der Waals surface area contributed by atoms with Crippen LogP contribution >= 0.6 is 0 Å². The zero-order chi connectivity index (χ0) is 18.0. The van der Waals surface area contributed by atoms with Crippen molar-refractivity contribution in [1.82, 2.24) is 14.9 Å². The molecule has 1 amide bonds. The molecule has 2 aromatic heterocycles. The lowest BCUT2D eigenvalue weighted by atomic mass is 10.1. The van der Waals surface area contributed by atoms with E-state index in [0.29, 0.717) is 10.9 Å². The maximum atomic E-state index is 13.8. The van der Waals surface area contributed by atoms with E-state index in [-0.39, 0.29) is 17.6 Å². The van der Waals surface area contributed by atoms with Crippen molar-refractivity contribution in [3.8, 4) is 6.07 Å². The molecule has 0 aliphatic rings. The number of aromatic nitrogens is 2. The Morgan fingerprint density at radius 2 is 2.04 bits per heavy atom. The molecule has 0 aliphatic heterocycles. The number of pyridine rings is 2. The van der Waals surface area contributed by atoms with Gasteiger partial charge in [0, 0.05) is 25.2 Å². The number of amides is 1. The number of fused-ring (bicyclic) bond motifs is 1. The summed E-state index contributed by atoms with van der Waals surface area (Å²) in [6.07, 6.45) is 1.28. The molecule has 1 aromatic carbocycles. The Labute approximate surface area is 142 Å². The first-order valence-electron chi connectivity index (χ1n) is 7.42. The average molecular weight is 336 g/mol. The summed E-state index contributed by atoms with van der Waals surface area (Å²) in [5.41, 5.74) is 0.691. The van der Waals surface area contributed by atoms with Gasteiger partial charge >= 0.3 is 0 Å². The largest absolute Gasteiger partial charge is 0.348 e. The number of rotatable bonds is 3. The molecule has 0 unspecified atom stereocenters. The molecule has 7 heteroatoms. The monoisotopic (exact) mass is 336 g/mol. The van der Waals surface area contributed by atoms with Crippen LogP contribution in [0.4, 0.5) is 4.39 Å². The lowest BCUT2D eigenvalue weighted by Crippen LogP contribution is -2.32. The summed E-state index contributed by atoms with van der Waals surface area (Å²) < 4.78 is 14.9. The van der Waals surface area contributed by atoms with Gasteiger partial charge in [-0.1, -0.05) is 12.1 Å². The smallest absolute Gasteiger partial charge is 0.263 e. The molecule has 0 fully saturated rings. The van der Waals surface area contributed by atoms with Gasteiger partial charge in [-0.2, -0.15) is 9.65 Å². The molecule has 1 N–H and O–H groups in total. The zero-order valence-electron chi connectivity index (χ0n) is 13.3. The number of nitriles is 1. The van der Waals surface area contributed by atoms with Gasteiger partial charge in [0.1, 0.15) is 11.1 Å². The van der Waals surface area contributed by atoms with E-state index < -0.39 is 17.4 Å². The molecule has 0 saturated carbocycles. The molecule has 0 aliphatic carbocycles. The Bertz CT molecular complexity index is 1070.